The first-order valence-electron chi connectivity index (χ1n) is 8.99. The zero-order valence-corrected chi connectivity index (χ0v) is 18.0. The van der Waals surface area contributed by atoms with Crippen LogP contribution in [-0.2, 0) is 22.0 Å². The monoisotopic (exact) mass is 387 g/mol. The van der Waals surface area contributed by atoms with Gasteiger partial charge in [0.25, 0.3) is 0 Å². The van der Waals surface area contributed by atoms with Crippen molar-refractivity contribution in [2.45, 2.75) is 65.7 Å². The molecule has 5 nitrogen and oxygen atoms in total. The molecule has 6 heteroatoms. The van der Waals surface area contributed by atoms with Gasteiger partial charge in [0, 0.05) is 16.5 Å². The van der Waals surface area contributed by atoms with Crippen LogP contribution in [0.2, 0.25) is 0 Å². The van der Waals surface area contributed by atoms with Gasteiger partial charge in [0.15, 0.2) is 0 Å². The maximum Gasteiger partial charge on any atom is 0.246 e. The normalized spacial score (nSPS) is 12.6. The standard InChI is InChI=1S/C21H29N3O2S/c1-13-23-15(12-27-13)10-18(25)24-22-11-14-8-16(20(2,3)4)19(26)17(9-14)21(5,6)7/h8-9,11-12,26H,10H2,1-7H3,(H,24,25). The van der Waals surface area contributed by atoms with Gasteiger partial charge in [0.1, 0.15) is 5.75 Å². The van der Waals surface area contributed by atoms with Gasteiger partial charge >= 0.3 is 0 Å². The molecule has 146 valence electrons. The van der Waals surface area contributed by atoms with Crippen LogP contribution in [0.25, 0.3) is 0 Å². The van der Waals surface area contributed by atoms with Crippen molar-refractivity contribution in [1.29, 1.82) is 0 Å². The second-order valence-electron chi connectivity index (χ2n) is 8.79. The Morgan fingerprint density at radius 2 is 1.74 bits per heavy atom. The highest BCUT2D eigenvalue weighted by Gasteiger charge is 2.26. The molecule has 0 unspecified atom stereocenters. The fourth-order valence-corrected chi connectivity index (χ4v) is 3.36. The lowest BCUT2D eigenvalue weighted by molar-refractivity contribution is -0.120. The molecule has 0 aliphatic heterocycles. The van der Waals surface area contributed by atoms with E-state index in [1.165, 1.54) is 11.3 Å². The molecule has 2 aromatic rings. The lowest BCUT2D eigenvalue weighted by Gasteiger charge is -2.27. The van der Waals surface area contributed by atoms with Gasteiger partial charge < -0.3 is 5.11 Å². The molecule has 1 aromatic heterocycles. The van der Waals surface area contributed by atoms with Gasteiger partial charge in [0.2, 0.25) is 5.91 Å². The molecule has 0 spiro atoms. The van der Waals surface area contributed by atoms with E-state index in [0.29, 0.717) is 5.75 Å². The molecule has 0 fully saturated rings. The number of phenols is 1. The first-order chi connectivity index (χ1) is 12.4. The van der Waals surface area contributed by atoms with E-state index in [9.17, 15) is 9.90 Å². The number of carbonyl (C=O) groups is 1. The minimum atomic E-state index is -0.209. The summed E-state index contributed by atoms with van der Waals surface area (Å²) in [6, 6.07) is 3.84. The number of benzene rings is 1. The number of hydrazone groups is 1. The third kappa shape index (κ3) is 5.63. The zero-order valence-electron chi connectivity index (χ0n) is 17.2. The van der Waals surface area contributed by atoms with Crippen molar-refractivity contribution in [1.82, 2.24) is 10.4 Å². The van der Waals surface area contributed by atoms with Crippen LogP contribution in [0.15, 0.2) is 22.6 Å². The largest absolute Gasteiger partial charge is 0.507 e. The second kappa shape index (κ2) is 7.80. The predicted octanol–water partition coefficient (Wildman–Crippen LogP) is 4.44. The molecule has 0 aliphatic carbocycles. The molecule has 2 rings (SSSR count). The lowest BCUT2D eigenvalue weighted by atomic mass is 9.78. The molecule has 0 atom stereocenters. The number of nitrogens with one attached hydrogen (secondary N) is 1. The summed E-state index contributed by atoms with van der Waals surface area (Å²) in [7, 11) is 0. The molecule has 0 saturated heterocycles. The van der Waals surface area contributed by atoms with Crippen molar-refractivity contribution in [2.75, 3.05) is 0 Å². The van der Waals surface area contributed by atoms with Gasteiger partial charge in [-0.25, -0.2) is 10.4 Å². The van der Waals surface area contributed by atoms with Crippen LogP contribution in [0.1, 0.15) is 68.9 Å². The number of aryl methyl sites for hydroxylation is 1. The minimum Gasteiger partial charge on any atom is -0.507 e. The first-order valence-corrected chi connectivity index (χ1v) is 9.87. The summed E-state index contributed by atoms with van der Waals surface area (Å²) in [4.78, 5) is 16.3. The highest BCUT2D eigenvalue weighted by atomic mass is 32.1. The van der Waals surface area contributed by atoms with Crippen LogP contribution in [0.3, 0.4) is 0 Å². The molecule has 1 amide bonds. The molecule has 0 saturated carbocycles. The van der Waals surface area contributed by atoms with E-state index in [1.807, 2.05) is 24.4 Å². The number of aromatic hydroxyl groups is 1. The van der Waals surface area contributed by atoms with Gasteiger partial charge in [-0.2, -0.15) is 5.10 Å². The summed E-state index contributed by atoms with van der Waals surface area (Å²) in [5.41, 5.74) is 5.45. The zero-order chi connectivity index (χ0) is 20.4. The quantitative estimate of drug-likeness (QED) is 0.601. The Morgan fingerprint density at radius 3 is 2.19 bits per heavy atom. The first kappa shape index (κ1) is 21.1. The van der Waals surface area contributed by atoms with E-state index in [1.54, 1.807) is 6.21 Å². The van der Waals surface area contributed by atoms with E-state index in [0.717, 1.165) is 27.4 Å². The molecular weight excluding hydrogens is 358 g/mol. The average Bonchev–Trinajstić information content (AvgIpc) is 2.91. The maximum atomic E-state index is 12.0. The summed E-state index contributed by atoms with van der Waals surface area (Å²) in [6.45, 7) is 14.3. The molecular formula is C21H29N3O2S. The van der Waals surface area contributed by atoms with Crippen LogP contribution >= 0.6 is 11.3 Å². The number of nitrogens with zero attached hydrogens (tertiary/aromatic N) is 2. The van der Waals surface area contributed by atoms with Crippen LogP contribution in [-0.4, -0.2) is 22.2 Å². The Kier molecular flexibility index (Phi) is 6.10. The summed E-state index contributed by atoms with van der Waals surface area (Å²) in [5.74, 6) is 0.123. The summed E-state index contributed by atoms with van der Waals surface area (Å²) in [5, 5.41) is 17.7. The van der Waals surface area contributed by atoms with Crippen LogP contribution in [0, 0.1) is 6.92 Å². The number of phenolic OH excluding ortho intramolecular Hbond substituents is 1. The fourth-order valence-electron chi connectivity index (χ4n) is 2.75. The topological polar surface area (TPSA) is 74.6 Å². The number of thiazole rings is 1. The Bertz CT molecular complexity index is 820. The Hall–Kier alpha value is -2.21. The van der Waals surface area contributed by atoms with E-state index in [2.05, 4.69) is 57.1 Å². The average molecular weight is 388 g/mol. The van der Waals surface area contributed by atoms with Crippen LogP contribution in [0.5, 0.6) is 5.75 Å². The highest BCUT2D eigenvalue weighted by molar-refractivity contribution is 7.09. The van der Waals surface area contributed by atoms with E-state index < -0.39 is 0 Å². The van der Waals surface area contributed by atoms with Crippen molar-refractivity contribution < 1.29 is 9.90 Å². The van der Waals surface area contributed by atoms with Crippen LogP contribution < -0.4 is 5.43 Å². The van der Waals surface area contributed by atoms with Gasteiger partial charge in [-0.05, 0) is 35.4 Å². The fraction of sp³-hybridized carbons (Fsp3) is 0.476. The van der Waals surface area contributed by atoms with Crippen molar-refractivity contribution in [3.63, 3.8) is 0 Å². The summed E-state index contributed by atoms with van der Waals surface area (Å²) in [6.07, 6.45) is 1.83. The third-order valence-electron chi connectivity index (χ3n) is 4.16. The Morgan fingerprint density at radius 1 is 1.19 bits per heavy atom. The highest BCUT2D eigenvalue weighted by Crippen LogP contribution is 2.39. The molecule has 1 aromatic carbocycles. The third-order valence-corrected chi connectivity index (χ3v) is 4.98. The molecule has 1 heterocycles. The molecule has 0 aliphatic rings. The Balaban J connectivity index is 2.22. The summed E-state index contributed by atoms with van der Waals surface area (Å²) < 4.78 is 0. The number of amides is 1. The van der Waals surface area contributed by atoms with E-state index >= 15 is 0 Å². The number of carbonyl (C=O) groups excluding carboxylic acids is 1. The maximum absolute atomic E-state index is 12.0. The van der Waals surface area contributed by atoms with Gasteiger partial charge in [-0.1, -0.05) is 41.5 Å². The van der Waals surface area contributed by atoms with Gasteiger partial charge in [-0.3, -0.25) is 4.79 Å². The Labute approximate surface area is 165 Å². The van der Waals surface area contributed by atoms with E-state index in [-0.39, 0.29) is 23.2 Å². The molecule has 0 bridgehead atoms. The smallest absolute Gasteiger partial charge is 0.246 e. The van der Waals surface area contributed by atoms with Crippen molar-refractivity contribution in [3.8, 4) is 5.75 Å². The molecule has 27 heavy (non-hydrogen) atoms. The number of rotatable bonds is 4. The van der Waals surface area contributed by atoms with Crippen molar-refractivity contribution in [3.05, 3.63) is 44.9 Å². The SMILES string of the molecule is Cc1nc(CC(=O)NN=Cc2cc(C(C)(C)C)c(O)c(C(C)(C)C)c2)cs1. The second-order valence-corrected chi connectivity index (χ2v) is 9.85. The van der Waals surface area contributed by atoms with Crippen LogP contribution in [0.4, 0.5) is 0 Å². The van der Waals surface area contributed by atoms with Gasteiger partial charge in [-0.15, -0.1) is 11.3 Å². The predicted molar refractivity (Wildman–Crippen MR) is 112 cm³/mol. The number of hydrogen-bond acceptors (Lipinski definition) is 5. The van der Waals surface area contributed by atoms with Crippen molar-refractivity contribution in [2.24, 2.45) is 5.10 Å². The molecule has 2 N–H and O–H groups in total. The number of aromatic nitrogens is 1. The number of hydrogen-bond donors (Lipinski definition) is 2. The van der Waals surface area contributed by atoms with E-state index in [4.69, 9.17) is 0 Å². The van der Waals surface area contributed by atoms with Crippen molar-refractivity contribution >= 4 is 23.5 Å². The minimum absolute atomic E-state index is 0.206. The summed E-state index contributed by atoms with van der Waals surface area (Å²) >= 11 is 1.52. The van der Waals surface area contributed by atoms with Gasteiger partial charge in [0.05, 0.1) is 23.3 Å². The lowest BCUT2D eigenvalue weighted by Crippen LogP contribution is -2.20. The molecule has 0 radical (unpaired) electrons.